The van der Waals surface area contributed by atoms with E-state index in [1.165, 1.54) is 19.3 Å². The average molecular weight is 302 g/mol. The van der Waals surface area contributed by atoms with Crippen molar-refractivity contribution in [2.75, 3.05) is 27.1 Å². The Balaban J connectivity index is 4.49. The molecule has 0 aromatic carbocycles. The Morgan fingerprint density at radius 3 is 1.86 bits per heavy atom. The number of hydrogen-bond donors (Lipinski definition) is 0. The molecule has 0 saturated carbocycles. The van der Waals surface area contributed by atoms with Crippen LogP contribution in [0.1, 0.15) is 72.1 Å². The van der Waals surface area contributed by atoms with Gasteiger partial charge in [-0.1, -0.05) is 46.5 Å². The second-order valence-corrected chi connectivity index (χ2v) is 5.12. The van der Waals surface area contributed by atoms with Gasteiger partial charge in [0, 0.05) is 13.5 Å². The quantitative estimate of drug-likeness (QED) is 0.242. The van der Waals surface area contributed by atoms with Crippen molar-refractivity contribution in [2.24, 2.45) is 0 Å². The van der Waals surface area contributed by atoms with E-state index in [9.17, 15) is 0 Å². The molecular weight excluding hydrogens is 268 g/mol. The third-order valence-corrected chi connectivity index (χ3v) is 3.02. The highest BCUT2D eigenvalue weighted by atomic mass is 16.7. The zero-order chi connectivity index (χ0) is 15.8. The summed E-state index contributed by atoms with van der Waals surface area (Å²) in [6, 6.07) is 0. The predicted molar refractivity (Wildman–Crippen MR) is 85.8 cm³/mol. The first-order valence-corrected chi connectivity index (χ1v) is 8.40. The van der Waals surface area contributed by atoms with Gasteiger partial charge >= 0.3 is 5.95 Å². The van der Waals surface area contributed by atoms with Crippen molar-refractivity contribution in [3.05, 3.63) is 11.7 Å². The van der Waals surface area contributed by atoms with E-state index in [-0.39, 0.29) is 6.79 Å². The molecular formula is C17H34O4. The van der Waals surface area contributed by atoms with E-state index in [1.54, 1.807) is 7.11 Å². The highest BCUT2D eigenvalue weighted by Gasteiger charge is 2.12. The van der Waals surface area contributed by atoms with Gasteiger partial charge in [-0.25, -0.2) is 0 Å². The molecule has 0 aromatic rings. The van der Waals surface area contributed by atoms with E-state index in [0.717, 1.165) is 44.5 Å². The van der Waals surface area contributed by atoms with Gasteiger partial charge in [0.25, 0.3) is 0 Å². The molecule has 0 saturated heterocycles. The summed E-state index contributed by atoms with van der Waals surface area (Å²) in [6.07, 6.45) is 8.65. The molecule has 0 atom stereocenters. The van der Waals surface area contributed by atoms with E-state index in [0.29, 0.717) is 12.6 Å². The van der Waals surface area contributed by atoms with Gasteiger partial charge in [-0.05, 0) is 19.3 Å². The maximum absolute atomic E-state index is 5.87. The van der Waals surface area contributed by atoms with Crippen LogP contribution < -0.4 is 0 Å². The fourth-order valence-corrected chi connectivity index (χ4v) is 1.84. The summed E-state index contributed by atoms with van der Waals surface area (Å²) in [5.74, 6) is 1.33. The first-order chi connectivity index (χ1) is 10.3. The maximum atomic E-state index is 5.87. The summed E-state index contributed by atoms with van der Waals surface area (Å²) in [5, 5.41) is 0. The van der Waals surface area contributed by atoms with Crippen LogP contribution in [0, 0.1) is 0 Å². The SMILES string of the molecule is CCCCCOC(CCC)=C(OCCCCC)OCOC. The summed E-state index contributed by atoms with van der Waals surface area (Å²) in [5.41, 5.74) is 0. The van der Waals surface area contributed by atoms with Gasteiger partial charge in [-0.15, -0.1) is 0 Å². The topological polar surface area (TPSA) is 36.9 Å². The van der Waals surface area contributed by atoms with Crippen LogP contribution in [0.25, 0.3) is 0 Å². The Kier molecular flexibility index (Phi) is 14.8. The van der Waals surface area contributed by atoms with E-state index < -0.39 is 0 Å². The van der Waals surface area contributed by atoms with Crippen LogP contribution in [0.4, 0.5) is 0 Å². The van der Waals surface area contributed by atoms with E-state index in [4.69, 9.17) is 18.9 Å². The Bertz CT molecular complexity index is 251. The van der Waals surface area contributed by atoms with E-state index in [1.807, 2.05) is 0 Å². The third kappa shape index (κ3) is 11.4. The van der Waals surface area contributed by atoms with Crippen LogP contribution in [0.15, 0.2) is 11.7 Å². The van der Waals surface area contributed by atoms with Crippen LogP contribution in [-0.2, 0) is 18.9 Å². The van der Waals surface area contributed by atoms with Gasteiger partial charge in [0.15, 0.2) is 12.6 Å². The van der Waals surface area contributed by atoms with Gasteiger partial charge in [-0.3, -0.25) is 0 Å². The Morgan fingerprint density at radius 2 is 1.33 bits per heavy atom. The van der Waals surface area contributed by atoms with Gasteiger partial charge in [0.2, 0.25) is 0 Å². The summed E-state index contributed by atoms with van der Waals surface area (Å²) in [4.78, 5) is 0. The minimum Gasteiger partial charge on any atom is -0.491 e. The molecule has 0 amide bonds. The standard InChI is InChI=1S/C17H34O4/c1-5-8-10-13-19-16(12-7-3)17(21-15-18-4)20-14-11-9-6-2/h5-15H2,1-4H3. The van der Waals surface area contributed by atoms with Gasteiger partial charge in [0.1, 0.15) is 0 Å². The molecule has 0 unspecified atom stereocenters. The molecule has 0 N–H and O–H groups in total. The minimum absolute atomic E-state index is 0.189. The zero-order valence-corrected chi connectivity index (χ0v) is 14.4. The molecule has 21 heavy (non-hydrogen) atoms. The third-order valence-electron chi connectivity index (χ3n) is 3.02. The van der Waals surface area contributed by atoms with Crippen molar-refractivity contribution in [3.63, 3.8) is 0 Å². The second-order valence-electron chi connectivity index (χ2n) is 5.12. The molecule has 0 heterocycles. The minimum atomic E-state index is 0.189. The lowest BCUT2D eigenvalue weighted by atomic mass is 10.2. The van der Waals surface area contributed by atoms with Crippen molar-refractivity contribution in [1.82, 2.24) is 0 Å². The number of unbranched alkanes of at least 4 members (excludes halogenated alkanes) is 4. The Labute approximate surface area is 130 Å². The molecule has 0 aromatic heterocycles. The first kappa shape index (κ1) is 20.1. The van der Waals surface area contributed by atoms with Crippen LogP contribution in [0.5, 0.6) is 0 Å². The number of hydrogen-bond acceptors (Lipinski definition) is 4. The summed E-state index contributed by atoms with van der Waals surface area (Å²) in [7, 11) is 1.61. The molecule has 4 heteroatoms. The van der Waals surface area contributed by atoms with Gasteiger partial charge in [-0.2, -0.15) is 0 Å². The van der Waals surface area contributed by atoms with Gasteiger partial charge in [0.05, 0.1) is 13.2 Å². The first-order valence-electron chi connectivity index (χ1n) is 8.40. The summed E-state index contributed by atoms with van der Waals surface area (Å²) < 4.78 is 22.2. The number of ether oxygens (including phenoxy) is 4. The molecule has 4 nitrogen and oxygen atoms in total. The van der Waals surface area contributed by atoms with Crippen molar-refractivity contribution in [2.45, 2.75) is 72.1 Å². The highest BCUT2D eigenvalue weighted by Crippen LogP contribution is 2.17. The second kappa shape index (κ2) is 15.5. The molecule has 126 valence electrons. The molecule has 0 spiro atoms. The molecule has 0 bridgehead atoms. The van der Waals surface area contributed by atoms with Crippen LogP contribution >= 0.6 is 0 Å². The van der Waals surface area contributed by atoms with Crippen molar-refractivity contribution in [3.8, 4) is 0 Å². The van der Waals surface area contributed by atoms with Crippen LogP contribution in [0.3, 0.4) is 0 Å². The Morgan fingerprint density at radius 1 is 0.714 bits per heavy atom. The van der Waals surface area contributed by atoms with Gasteiger partial charge < -0.3 is 18.9 Å². The van der Waals surface area contributed by atoms with E-state index in [2.05, 4.69) is 20.8 Å². The molecule has 0 fully saturated rings. The average Bonchev–Trinajstić information content (AvgIpc) is 2.50. The predicted octanol–water partition coefficient (Wildman–Crippen LogP) is 4.99. The zero-order valence-electron chi connectivity index (χ0n) is 14.4. The number of allylic oxidation sites excluding steroid dienone is 1. The smallest absolute Gasteiger partial charge is 0.321 e. The Hall–Kier alpha value is -0.900. The lowest BCUT2D eigenvalue weighted by Crippen LogP contribution is -2.09. The lowest BCUT2D eigenvalue weighted by Gasteiger charge is -2.17. The highest BCUT2D eigenvalue weighted by molar-refractivity contribution is 4.95. The van der Waals surface area contributed by atoms with Crippen LogP contribution in [0.2, 0.25) is 0 Å². The normalized spacial score (nSPS) is 12.0. The fourth-order valence-electron chi connectivity index (χ4n) is 1.84. The number of rotatable bonds is 15. The summed E-state index contributed by atoms with van der Waals surface area (Å²) >= 11 is 0. The molecule has 0 aliphatic heterocycles. The molecule has 0 radical (unpaired) electrons. The molecule has 0 aliphatic rings. The molecule has 0 rings (SSSR count). The lowest BCUT2D eigenvalue weighted by molar-refractivity contribution is -0.0691. The van der Waals surface area contributed by atoms with Crippen molar-refractivity contribution in [1.29, 1.82) is 0 Å². The molecule has 0 aliphatic carbocycles. The maximum Gasteiger partial charge on any atom is 0.321 e. The van der Waals surface area contributed by atoms with Crippen LogP contribution in [-0.4, -0.2) is 27.1 Å². The monoisotopic (exact) mass is 302 g/mol. The fraction of sp³-hybridized carbons (Fsp3) is 0.882. The number of methoxy groups -OCH3 is 1. The van der Waals surface area contributed by atoms with Crippen molar-refractivity contribution >= 4 is 0 Å². The van der Waals surface area contributed by atoms with Crippen molar-refractivity contribution < 1.29 is 18.9 Å². The largest absolute Gasteiger partial charge is 0.491 e. The van der Waals surface area contributed by atoms with E-state index >= 15 is 0 Å². The summed E-state index contributed by atoms with van der Waals surface area (Å²) in [6.45, 7) is 8.07.